The summed E-state index contributed by atoms with van der Waals surface area (Å²) in [5.41, 5.74) is 0.568. The number of amides is 1. The summed E-state index contributed by atoms with van der Waals surface area (Å²) < 4.78 is 10.3. The maximum atomic E-state index is 11.7. The van der Waals surface area contributed by atoms with Crippen molar-refractivity contribution in [2.24, 2.45) is 0 Å². The average Bonchev–Trinajstić information content (AvgIpc) is 2.47. The monoisotopic (exact) mass is 292 g/mol. The molecule has 0 aliphatic heterocycles. The quantitative estimate of drug-likeness (QED) is 0.920. The van der Waals surface area contributed by atoms with Crippen LogP contribution in [0.2, 0.25) is 5.02 Å². The second-order valence-corrected chi connectivity index (χ2v) is 4.26. The second-order valence-electron chi connectivity index (χ2n) is 3.86. The van der Waals surface area contributed by atoms with Gasteiger partial charge in [-0.2, -0.15) is 0 Å². The van der Waals surface area contributed by atoms with Crippen molar-refractivity contribution in [3.8, 4) is 11.6 Å². The minimum absolute atomic E-state index is 0.129. The third-order valence-corrected chi connectivity index (χ3v) is 2.74. The van der Waals surface area contributed by atoms with E-state index in [9.17, 15) is 4.79 Å². The van der Waals surface area contributed by atoms with Gasteiger partial charge in [-0.1, -0.05) is 23.7 Å². The maximum Gasteiger partial charge on any atom is 0.262 e. The fraction of sp³-hybridized carbons (Fsp3) is 0.143. The predicted octanol–water partition coefficient (Wildman–Crippen LogP) is 2.76. The predicted molar refractivity (Wildman–Crippen MR) is 76.4 cm³/mol. The Hall–Kier alpha value is -2.27. The number of nitrogens with zero attached hydrogens (tertiary/aromatic N) is 1. The molecule has 0 spiro atoms. The van der Waals surface area contributed by atoms with Gasteiger partial charge in [-0.25, -0.2) is 4.98 Å². The van der Waals surface area contributed by atoms with Gasteiger partial charge in [-0.05, 0) is 18.2 Å². The lowest BCUT2D eigenvalue weighted by Crippen LogP contribution is -2.20. The number of ether oxygens (including phenoxy) is 2. The van der Waals surface area contributed by atoms with E-state index in [1.807, 2.05) is 0 Å². The molecule has 0 fully saturated rings. The number of rotatable bonds is 5. The number of benzene rings is 1. The largest absolute Gasteiger partial charge is 0.482 e. The summed E-state index contributed by atoms with van der Waals surface area (Å²) in [6.45, 7) is -0.129. The molecule has 1 amide bonds. The van der Waals surface area contributed by atoms with Crippen LogP contribution >= 0.6 is 11.6 Å². The van der Waals surface area contributed by atoms with Gasteiger partial charge < -0.3 is 14.8 Å². The minimum atomic E-state index is -0.295. The first-order valence-electron chi connectivity index (χ1n) is 5.86. The fourth-order valence-corrected chi connectivity index (χ4v) is 1.67. The third-order valence-electron chi connectivity index (χ3n) is 2.42. The van der Waals surface area contributed by atoms with Crippen molar-refractivity contribution < 1.29 is 14.3 Å². The zero-order valence-electron chi connectivity index (χ0n) is 10.8. The second kappa shape index (κ2) is 6.77. The molecule has 0 aliphatic carbocycles. The number of carbonyl (C=O) groups is 1. The molecule has 2 aromatic rings. The van der Waals surface area contributed by atoms with Gasteiger partial charge in [0.1, 0.15) is 5.75 Å². The average molecular weight is 293 g/mol. The summed E-state index contributed by atoms with van der Waals surface area (Å²) in [7, 11) is 1.53. The third kappa shape index (κ3) is 3.86. The Morgan fingerprint density at radius 1 is 1.30 bits per heavy atom. The van der Waals surface area contributed by atoms with Crippen LogP contribution in [0.25, 0.3) is 0 Å². The zero-order chi connectivity index (χ0) is 14.4. The summed E-state index contributed by atoms with van der Waals surface area (Å²) in [5, 5.41) is 3.12. The molecule has 104 valence electrons. The van der Waals surface area contributed by atoms with E-state index in [2.05, 4.69) is 10.3 Å². The van der Waals surface area contributed by atoms with E-state index >= 15 is 0 Å². The molecule has 1 N–H and O–H groups in total. The summed E-state index contributed by atoms with van der Waals surface area (Å²) in [4.78, 5) is 15.7. The molecule has 0 aliphatic rings. The van der Waals surface area contributed by atoms with Crippen LogP contribution in [0.15, 0.2) is 42.6 Å². The van der Waals surface area contributed by atoms with Crippen molar-refractivity contribution in [1.29, 1.82) is 0 Å². The molecule has 20 heavy (non-hydrogen) atoms. The van der Waals surface area contributed by atoms with Crippen LogP contribution in [0.4, 0.5) is 5.69 Å². The van der Waals surface area contributed by atoms with Gasteiger partial charge >= 0.3 is 0 Å². The van der Waals surface area contributed by atoms with Gasteiger partial charge in [-0.15, -0.1) is 0 Å². The molecule has 1 aromatic heterocycles. The normalized spacial score (nSPS) is 9.90. The number of anilines is 1. The van der Waals surface area contributed by atoms with Crippen molar-refractivity contribution in [1.82, 2.24) is 4.98 Å². The smallest absolute Gasteiger partial charge is 0.262 e. The summed E-state index contributed by atoms with van der Waals surface area (Å²) in [6, 6.07) is 10.3. The van der Waals surface area contributed by atoms with Gasteiger partial charge in [0.05, 0.1) is 24.0 Å². The molecule has 1 aromatic carbocycles. The highest BCUT2D eigenvalue weighted by Gasteiger charge is 2.06. The number of aromatic nitrogens is 1. The van der Waals surface area contributed by atoms with Crippen LogP contribution in [-0.4, -0.2) is 24.6 Å². The van der Waals surface area contributed by atoms with Crippen molar-refractivity contribution >= 4 is 23.2 Å². The van der Waals surface area contributed by atoms with E-state index in [1.54, 1.807) is 36.4 Å². The molecule has 1 heterocycles. The van der Waals surface area contributed by atoms with Gasteiger partial charge in [0.15, 0.2) is 6.61 Å². The molecule has 0 atom stereocenters. The SMILES string of the molecule is COc1ccc(NC(=O)COc2ccccc2Cl)cn1. The molecular weight excluding hydrogens is 280 g/mol. The number of nitrogens with one attached hydrogen (secondary N) is 1. The first kappa shape index (κ1) is 14.1. The zero-order valence-corrected chi connectivity index (χ0v) is 11.6. The van der Waals surface area contributed by atoms with E-state index in [0.717, 1.165) is 0 Å². The van der Waals surface area contributed by atoms with Crippen LogP contribution in [0.1, 0.15) is 0 Å². The standard InChI is InChI=1S/C14H13ClN2O3/c1-19-14-7-6-10(8-16-14)17-13(18)9-20-12-5-3-2-4-11(12)15/h2-8H,9H2,1H3,(H,17,18). The molecule has 0 saturated carbocycles. The summed E-state index contributed by atoms with van der Waals surface area (Å²) >= 11 is 5.92. The van der Waals surface area contributed by atoms with E-state index < -0.39 is 0 Å². The molecule has 0 radical (unpaired) electrons. The van der Waals surface area contributed by atoms with Gasteiger partial charge in [-0.3, -0.25) is 4.79 Å². The number of hydrogen-bond donors (Lipinski definition) is 1. The highest BCUT2D eigenvalue weighted by molar-refractivity contribution is 6.32. The minimum Gasteiger partial charge on any atom is -0.482 e. The van der Waals surface area contributed by atoms with Crippen LogP contribution in [0, 0.1) is 0 Å². The number of para-hydroxylation sites is 1. The first-order chi connectivity index (χ1) is 9.69. The van der Waals surface area contributed by atoms with Crippen molar-refractivity contribution in [2.75, 3.05) is 19.0 Å². The van der Waals surface area contributed by atoms with Gasteiger partial charge in [0.25, 0.3) is 5.91 Å². The Balaban J connectivity index is 1.87. The molecule has 2 rings (SSSR count). The molecule has 0 unspecified atom stereocenters. The molecule has 0 saturated heterocycles. The highest BCUT2D eigenvalue weighted by Crippen LogP contribution is 2.22. The van der Waals surface area contributed by atoms with Gasteiger partial charge in [0, 0.05) is 6.07 Å². The molecule has 5 nitrogen and oxygen atoms in total. The fourth-order valence-electron chi connectivity index (χ4n) is 1.48. The number of halogens is 1. The van der Waals surface area contributed by atoms with Crippen LogP contribution in [0.5, 0.6) is 11.6 Å². The molecular formula is C14H13ClN2O3. The van der Waals surface area contributed by atoms with Crippen molar-refractivity contribution in [2.45, 2.75) is 0 Å². The molecule has 6 heteroatoms. The lowest BCUT2D eigenvalue weighted by molar-refractivity contribution is -0.118. The van der Waals surface area contributed by atoms with Crippen molar-refractivity contribution in [3.63, 3.8) is 0 Å². The summed E-state index contributed by atoms with van der Waals surface area (Å²) in [6.07, 6.45) is 1.51. The Morgan fingerprint density at radius 3 is 2.75 bits per heavy atom. The number of methoxy groups -OCH3 is 1. The number of carbonyl (C=O) groups excluding carboxylic acids is 1. The van der Waals surface area contributed by atoms with Gasteiger partial charge in [0.2, 0.25) is 5.88 Å². The lowest BCUT2D eigenvalue weighted by atomic mass is 10.3. The van der Waals surface area contributed by atoms with Crippen LogP contribution in [-0.2, 0) is 4.79 Å². The van der Waals surface area contributed by atoms with E-state index in [0.29, 0.717) is 22.3 Å². The molecule has 0 bridgehead atoms. The van der Waals surface area contributed by atoms with E-state index in [1.165, 1.54) is 13.3 Å². The topological polar surface area (TPSA) is 60.5 Å². The number of hydrogen-bond acceptors (Lipinski definition) is 4. The first-order valence-corrected chi connectivity index (χ1v) is 6.24. The number of pyridine rings is 1. The lowest BCUT2D eigenvalue weighted by Gasteiger charge is -2.08. The Labute approximate surface area is 121 Å². The van der Waals surface area contributed by atoms with Crippen LogP contribution < -0.4 is 14.8 Å². The van der Waals surface area contributed by atoms with E-state index in [-0.39, 0.29) is 12.5 Å². The Bertz CT molecular complexity index is 587. The highest BCUT2D eigenvalue weighted by atomic mass is 35.5. The Kier molecular flexibility index (Phi) is 4.79. The van der Waals surface area contributed by atoms with Crippen LogP contribution in [0.3, 0.4) is 0 Å². The summed E-state index contributed by atoms with van der Waals surface area (Å²) in [5.74, 6) is 0.657. The Morgan fingerprint density at radius 2 is 2.10 bits per heavy atom. The van der Waals surface area contributed by atoms with Crippen molar-refractivity contribution in [3.05, 3.63) is 47.6 Å². The maximum absolute atomic E-state index is 11.7. The van der Waals surface area contributed by atoms with E-state index in [4.69, 9.17) is 21.1 Å².